The monoisotopic (exact) mass is 415 g/mol. The number of hydrogen-bond donors (Lipinski definition) is 1. The molecule has 1 amide bonds. The first kappa shape index (κ1) is 25.4. The van der Waals surface area contributed by atoms with Crippen molar-refractivity contribution >= 4 is 17.6 Å². The van der Waals surface area contributed by atoms with Crippen molar-refractivity contribution in [1.82, 2.24) is 5.32 Å². The normalized spacial score (nSPS) is 10.8. The van der Waals surface area contributed by atoms with E-state index < -0.39 is 0 Å². The molecule has 0 spiro atoms. The summed E-state index contributed by atoms with van der Waals surface area (Å²) in [6.45, 7) is 2.82. The number of rotatable bonds is 10. The lowest BCUT2D eigenvalue weighted by Crippen LogP contribution is -2.25. The molecule has 0 fully saturated rings. The lowest BCUT2D eigenvalue weighted by atomic mass is 10.0. The number of ether oxygens (including phenoxy) is 2. The first-order valence-electron chi connectivity index (χ1n) is 10.4. The number of halogens is 1. The molecular weight excluding hydrogens is 381 g/mol. The zero-order valence-electron chi connectivity index (χ0n) is 18.5. The molecule has 0 heterocycles. The highest BCUT2D eigenvalue weighted by Gasteiger charge is 2.12. The molecule has 0 aliphatic carbocycles. The molecule has 0 aliphatic rings. The summed E-state index contributed by atoms with van der Waals surface area (Å²) in [5, 5.41) is 2.99. The first-order valence-corrected chi connectivity index (χ1v) is 10.4. The summed E-state index contributed by atoms with van der Waals surface area (Å²) in [4.78, 5) is 12.8. The van der Waals surface area contributed by atoms with Gasteiger partial charge in [-0.05, 0) is 47.9 Å². The molecule has 5 heteroatoms. The average molecular weight is 416 g/mol. The van der Waals surface area contributed by atoms with Gasteiger partial charge >= 0.3 is 0 Å². The quantitative estimate of drug-likeness (QED) is 0.306. The van der Waals surface area contributed by atoms with E-state index in [4.69, 9.17) is 4.74 Å². The largest absolute Gasteiger partial charge is 0.497 e. The first-order chi connectivity index (χ1) is 14.5. The Labute approximate surface area is 180 Å². The third-order valence-electron chi connectivity index (χ3n) is 4.37. The molecule has 0 bridgehead atoms. The van der Waals surface area contributed by atoms with E-state index in [-0.39, 0.29) is 11.7 Å². The van der Waals surface area contributed by atoms with E-state index in [1.165, 1.54) is 31.4 Å². The van der Waals surface area contributed by atoms with Crippen molar-refractivity contribution in [2.45, 2.75) is 39.0 Å². The van der Waals surface area contributed by atoms with Gasteiger partial charge in [0.2, 0.25) is 0 Å². The van der Waals surface area contributed by atoms with Crippen molar-refractivity contribution in [2.75, 3.05) is 27.9 Å². The lowest BCUT2D eigenvalue weighted by molar-refractivity contribution is -0.115. The maximum absolute atomic E-state index is 13.3. The van der Waals surface area contributed by atoms with Gasteiger partial charge in [0.1, 0.15) is 11.6 Å². The van der Waals surface area contributed by atoms with Crippen molar-refractivity contribution in [3.8, 4) is 5.75 Å². The van der Waals surface area contributed by atoms with Crippen LogP contribution in [-0.4, -0.2) is 33.8 Å². The van der Waals surface area contributed by atoms with E-state index >= 15 is 0 Å². The molecule has 0 saturated heterocycles. The minimum Gasteiger partial charge on any atom is -0.497 e. The molecule has 2 aromatic carbocycles. The Bertz CT molecular complexity index is 772. The van der Waals surface area contributed by atoms with E-state index in [1.807, 2.05) is 30.3 Å². The molecular formula is C25H34FNO3. The van der Waals surface area contributed by atoms with E-state index in [2.05, 4.69) is 17.0 Å². The Balaban J connectivity index is 0.00000141. The number of methoxy groups -OCH3 is 2. The molecule has 0 radical (unpaired) electrons. The van der Waals surface area contributed by atoms with Gasteiger partial charge in [0.05, 0.1) is 7.11 Å². The van der Waals surface area contributed by atoms with Crippen LogP contribution in [-0.2, 0) is 9.53 Å². The van der Waals surface area contributed by atoms with Gasteiger partial charge in [-0.3, -0.25) is 4.79 Å². The number of nitrogens with one attached hydrogen (secondary N) is 1. The minimum absolute atomic E-state index is 0.153. The van der Waals surface area contributed by atoms with Crippen LogP contribution in [0.1, 0.15) is 50.2 Å². The lowest BCUT2D eigenvalue weighted by Gasteiger charge is -2.10. The Morgan fingerprint density at radius 2 is 1.67 bits per heavy atom. The van der Waals surface area contributed by atoms with Gasteiger partial charge in [0.25, 0.3) is 5.91 Å². The van der Waals surface area contributed by atoms with Crippen LogP contribution in [0.5, 0.6) is 5.75 Å². The number of benzene rings is 2. The molecule has 0 aromatic heterocycles. The van der Waals surface area contributed by atoms with Crippen molar-refractivity contribution in [2.24, 2.45) is 0 Å². The summed E-state index contributed by atoms with van der Waals surface area (Å²) in [6.07, 6.45) is 7.50. The molecule has 0 unspecified atom stereocenters. The van der Waals surface area contributed by atoms with Crippen LogP contribution in [0.2, 0.25) is 0 Å². The molecule has 2 rings (SSSR count). The van der Waals surface area contributed by atoms with Crippen molar-refractivity contribution in [3.05, 3.63) is 65.5 Å². The zero-order chi connectivity index (χ0) is 22.2. The smallest absolute Gasteiger partial charge is 0.251 e. The molecule has 2 aromatic rings. The Morgan fingerprint density at radius 1 is 1.00 bits per heavy atom. The SMILES string of the molecule is CCCCCCCNC(=O)/C(=C\c1cccc(OC)c1)c1ccc(F)cc1.COC. The topological polar surface area (TPSA) is 47.6 Å². The maximum atomic E-state index is 13.3. The number of unbranched alkanes of at least 4 members (excludes halogenated alkanes) is 4. The van der Waals surface area contributed by atoms with Gasteiger partial charge in [-0.2, -0.15) is 0 Å². The van der Waals surface area contributed by atoms with Crippen LogP contribution in [0.4, 0.5) is 4.39 Å². The van der Waals surface area contributed by atoms with Gasteiger partial charge < -0.3 is 14.8 Å². The third kappa shape index (κ3) is 9.70. The Hall–Kier alpha value is -2.66. The predicted octanol–water partition coefficient (Wildman–Crippen LogP) is 5.72. The fourth-order valence-electron chi connectivity index (χ4n) is 2.83. The highest BCUT2D eigenvalue weighted by molar-refractivity contribution is 6.24. The summed E-state index contributed by atoms with van der Waals surface area (Å²) in [5.74, 6) is 0.245. The van der Waals surface area contributed by atoms with Crippen LogP contribution < -0.4 is 10.1 Å². The molecule has 164 valence electrons. The van der Waals surface area contributed by atoms with Gasteiger partial charge in [0, 0.05) is 26.3 Å². The van der Waals surface area contributed by atoms with Crippen LogP contribution in [0, 0.1) is 5.82 Å². The van der Waals surface area contributed by atoms with E-state index in [0.29, 0.717) is 17.7 Å². The van der Waals surface area contributed by atoms with Crippen LogP contribution in [0.25, 0.3) is 11.6 Å². The van der Waals surface area contributed by atoms with Crippen LogP contribution >= 0.6 is 0 Å². The van der Waals surface area contributed by atoms with Crippen LogP contribution in [0.15, 0.2) is 48.5 Å². The zero-order valence-corrected chi connectivity index (χ0v) is 18.5. The molecule has 0 saturated carbocycles. The summed E-state index contributed by atoms with van der Waals surface area (Å²) in [5.41, 5.74) is 2.05. The Kier molecular flexibility index (Phi) is 12.9. The third-order valence-corrected chi connectivity index (χ3v) is 4.37. The number of carbonyl (C=O) groups is 1. The number of hydrogen-bond acceptors (Lipinski definition) is 3. The van der Waals surface area contributed by atoms with Crippen LogP contribution in [0.3, 0.4) is 0 Å². The standard InChI is InChI=1S/C23H28FNO2.C2H6O/c1-3-4-5-6-7-15-25-23(26)22(19-11-13-20(24)14-12-19)17-18-9-8-10-21(16-18)27-2;1-3-2/h8-14,16-17H,3-7,15H2,1-2H3,(H,25,26);1-2H3/b22-17-;. The van der Waals surface area contributed by atoms with Crippen molar-refractivity contribution in [1.29, 1.82) is 0 Å². The summed E-state index contributed by atoms with van der Waals surface area (Å²) < 4.78 is 22.8. The highest BCUT2D eigenvalue weighted by Crippen LogP contribution is 2.21. The molecule has 1 N–H and O–H groups in total. The highest BCUT2D eigenvalue weighted by atomic mass is 19.1. The predicted molar refractivity (Wildman–Crippen MR) is 122 cm³/mol. The van der Waals surface area contributed by atoms with Crippen molar-refractivity contribution in [3.63, 3.8) is 0 Å². The Morgan fingerprint density at radius 3 is 2.30 bits per heavy atom. The van der Waals surface area contributed by atoms with Gasteiger partial charge in [-0.15, -0.1) is 0 Å². The second-order valence-corrected chi connectivity index (χ2v) is 6.92. The van der Waals surface area contributed by atoms with E-state index in [0.717, 1.165) is 24.2 Å². The van der Waals surface area contributed by atoms with E-state index in [1.54, 1.807) is 33.5 Å². The van der Waals surface area contributed by atoms with Crippen molar-refractivity contribution < 1.29 is 18.7 Å². The number of carbonyl (C=O) groups excluding carboxylic acids is 1. The number of amides is 1. The molecule has 4 nitrogen and oxygen atoms in total. The summed E-state index contributed by atoms with van der Waals surface area (Å²) >= 11 is 0. The van der Waals surface area contributed by atoms with Gasteiger partial charge in [0.15, 0.2) is 0 Å². The average Bonchev–Trinajstić information content (AvgIpc) is 2.76. The fraction of sp³-hybridized carbons (Fsp3) is 0.400. The van der Waals surface area contributed by atoms with Gasteiger partial charge in [-0.1, -0.05) is 56.9 Å². The van der Waals surface area contributed by atoms with Gasteiger partial charge in [-0.25, -0.2) is 4.39 Å². The summed E-state index contributed by atoms with van der Waals surface area (Å²) in [7, 11) is 4.86. The minimum atomic E-state index is -0.323. The molecule has 0 atom stereocenters. The maximum Gasteiger partial charge on any atom is 0.251 e. The second-order valence-electron chi connectivity index (χ2n) is 6.92. The summed E-state index contributed by atoms with van der Waals surface area (Å²) in [6, 6.07) is 13.5. The molecule has 0 aliphatic heterocycles. The van der Waals surface area contributed by atoms with E-state index in [9.17, 15) is 9.18 Å². The fourth-order valence-corrected chi connectivity index (χ4v) is 2.83. The molecule has 30 heavy (non-hydrogen) atoms. The second kappa shape index (κ2) is 15.2.